The van der Waals surface area contributed by atoms with E-state index in [0.717, 1.165) is 40.5 Å². The SMILES string of the molecule is CCCCc1nn2c(C#N)c(-c3ccc(N(C)C)cc3)nc2s1. The van der Waals surface area contributed by atoms with Gasteiger partial charge in [0.1, 0.15) is 16.8 Å². The largest absolute Gasteiger partial charge is 0.378 e. The summed E-state index contributed by atoms with van der Waals surface area (Å²) in [6, 6.07) is 10.3. The van der Waals surface area contributed by atoms with Gasteiger partial charge in [-0.05, 0) is 18.6 Å². The molecule has 0 saturated heterocycles. The van der Waals surface area contributed by atoms with Gasteiger partial charge in [0.25, 0.3) is 0 Å². The molecule has 5 nitrogen and oxygen atoms in total. The Balaban J connectivity index is 2.01. The fourth-order valence-electron chi connectivity index (χ4n) is 2.44. The third-order valence-electron chi connectivity index (χ3n) is 3.75. The van der Waals surface area contributed by atoms with E-state index in [0.29, 0.717) is 11.4 Å². The fraction of sp³-hybridized carbons (Fsp3) is 0.353. The molecule has 1 aromatic carbocycles. The maximum Gasteiger partial charge on any atom is 0.214 e. The number of nitrogens with zero attached hydrogens (tertiary/aromatic N) is 5. The first kappa shape index (κ1) is 15.5. The minimum atomic E-state index is 0.511. The number of aromatic nitrogens is 3. The molecule has 0 fully saturated rings. The van der Waals surface area contributed by atoms with Gasteiger partial charge in [-0.3, -0.25) is 0 Å². The van der Waals surface area contributed by atoms with E-state index in [1.165, 1.54) is 0 Å². The smallest absolute Gasteiger partial charge is 0.214 e. The number of anilines is 1. The third-order valence-corrected chi connectivity index (χ3v) is 4.72. The Hall–Kier alpha value is -2.39. The number of unbranched alkanes of at least 4 members (excludes halogenated alkanes) is 1. The molecule has 0 aliphatic rings. The molecule has 0 N–H and O–H groups in total. The summed E-state index contributed by atoms with van der Waals surface area (Å²) >= 11 is 1.57. The number of nitriles is 1. The lowest BCUT2D eigenvalue weighted by atomic mass is 10.1. The molecule has 118 valence electrons. The van der Waals surface area contributed by atoms with Crippen LogP contribution in [0.25, 0.3) is 16.2 Å². The summed E-state index contributed by atoms with van der Waals surface area (Å²) in [4.78, 5) is 7.47. The Morgan fingerprint density at radius 2 is 2.00 bits per heavy atom. The van der Waals surface area contributed by atoms with Crippen molar-refractivity contribution in [3.8, 4) is 17.3 Å². The van der Waals surface area contributed by atoms with Crippen molar-refractivity contribution >= 4 is 22.0 Å². The van der Waals surface area contributed by atoms with Gasteiger partial charge in [-0.2, -0.15) is 14.9 Å². The predicted molar refractivity (Wildman–Crippen MR) is 94.0 cm³/mol. The van der Waals surface area contributed by atoms with Gasteiger partial charge in [-0.1, -0.05) is 36.8 Å². The van der Waals surface area contributed by atoms with E-state index in [1.807, 2.05) is 43.3 Å². The van der Waals surface area contributed by atoms with Gasteiger partial charge in [0.05, 0.1) is 0 Å². The Morgan fingerprint density at radius 1 is 1.26 bits per heavy atom. The minimum absolute atomic E-state index is 0.511. The Kier molecular flexibility index (Phi) is 4.30. The molecule has 2 heterocycles. The molecule has 0 aliphatic carbocycles. The fourth-order valence-corrected chi connectivity index (χ4v) is 3.37. The number of benzene rings is 1. The number of hydrogen-bond donors (Lipinski definition) is 0. The van der Waals surface area contributed by atoms with Crippen molar-refractivity contribution in [2.75, 3.05) is 19.0 Å². The highest BCUT2D eigenvalue weighted by Crippen LogP contribution is 2.28. The van der Waals surface area contributed by atoms with Crippen LogP contribution in [0.2, 0.25) is 0 Å². The monoisotopic (exact) mass is 325 g/mol. The maximum absolute atomic E-state index is 9.54. The molecule has 0 radical (unpaired) electrons. The molecule has 6 heteroatoms. The number of imidazole rings is 1. The van der Waals surface area contributed by atoms with Crippen LogP contribution in [0.5, 0.6) is 0 Å². The molecule has 0 saturated carbocycles. The quantitative estimate of drug-likeness (QED) is 0.717. The number of fused-ring (bicyclic) bond motifs is 1. The van der Waals surface area contributed by atoms with Gasteiger partial charge in [0, 0.05) is 31.8 Å². The number of hydrogen-bond acceptors (Lipinski definition) is 5. The van der Waals surface area contributed by atoms with Gasteiger partial charge in [-0.15, -0.1) is 0 Å². The summed E-state index contributed by atoms with van der Waals surface area (Å²) in [7, 11) is 4.01. The molecule has 2 aromatic heterocycles. The van der Waals surface area contributed by atoms with E-state index in [2.05, 4.69) is 23.1 Å². The van der Waals surface area contributed by atoms with Crippen molar-refractivity contribution in [1.82, 2.24) is 14.6 Å². The summed E-state index contributed by atoms with van der Waals surface area (Å²) < 4.78 is 1.69. The van der Waals surface area contributed by atoms with E-state index in [4.69, 9.17) is 0 Å². The van der Waals surface area contributed by atoms with Crippen LogP contribution in [0.1, 0.15) is 30.5 Å². The van der Waals surface area contributed by atoms with E-state index >= 15 is 0 Å². The first-order valence-electron chi connectivity index (χ1n) is 7.70. The van der Waals surface area contributed by atoms with Gasteiger partial charge in [0.2, 0.25) is 4.96 Å². The Morgan fingerprint density at radius 3 is 2.61 bits per heavy atom. The second kappa shape index (κ2) is 6.39. The topological polar surface area (TPSA) is 57.2 Å². The molecule has 3 rings (SSSR count). The highest BCUT2D eigenvalue weighted by molar-refractivity contribution is 7.16. The standard InChI is InChI=1S/C17H19N5S/c1-4-5-6-15-20-22-14(11-18)16(19-17(22)23-15)12-7-9-13(10-8-12)21(2)3/h7-10H,4-6H2,1-3H3. The summed E-state index contributed by atoms with van der Waals surface area (Å²) in [5.74, 6) is 0. The lowest BCUT2D eigenvalue weighted by Gasteiger charge is -2.12. The van der Waals surface area contributed by atoms with Crippen LogP contribution < -0.4 is 4.90 Å². The van der Waals surface area contributed by atoms with E-state index in [9.17, 15) is 5.26 Å². The molecule has 3 aromatic rings. The van der Waals surface area contributed by atoms with Crippen LogP contribution in [0.15, 0.2) is 24.3 Å². The second-order valence-corrected chi connectivity index (χ2v) is 6.70. The highest BCUT2D eigenvalue weighted by Gasteiger charge is 2.17. The molecule has 0 aliphatic heterocycles. The molecule has 0 amide bonds. The van der Waals surface area contributed by atoms with Crippen LogP contribution in [0, 0.1) is 11.3 Å². The van der Waals surface area contributed by atoms with Crippen molar-refractivity contribution in [2.45, 2.75) is 26.2 Å². The second-order valence-electron chi connectivity index (χ2n) is 5.66. The zero-order chi connectivity index (χ0) is 16.4. The van der Waals surface area contributed by atoms with E-state index < -0.39 is 0 Å². The van der Waals surface area contributed by atoms with Crippen LogP contribution in [0.3, 0.4) is 0 Å². The van der Waals surface area contributed by atoms with Crippen molar-refractivity contribution in [1.29, 1.82) is 5.26 Å². The van der Waals surface area contributed by atoms with Crippen molar-refractivity contribution < 1.29 is 0 Å². The van der Waals surface area contributed by atoms with Gasteiger partial charge >= 0.3 is 0 Å². The first-order chi connectivity index (χ1) is 11.1. The van der Waals surface area contributed by atoms with Crippen molar-refractivity contribution in [3.05, 3.63) is 35.0 Å². The summed E-state index contributed by atoms with van der Waals surface area (Å²) in [5, 5.41) is 15.1. The van der Waals surface area contributed by atoms with Crippen molar-refractivity contribution in [2.24, 2.45) is 0 Å². The molecule has 0 atom stereocenters. The Labute approximate surface area is 139 Å². The maximum atomic E-state index is 9.54. The van der Waals surface area contributed by atoms with Crippen molar-refractivity contribution in [3.63, 3.8) is 0 Å². The highest BCUT2D eigenvalue weighted by atomic mass is 32.1. The molecule has 0 spiro atoms. The predicted octanol–water partition coefficient (Wildman–Crippen LogP) is 3.74. The number of rotatable bonds is 5. The average molecular weight is 325 g/mol. The lowest BCUT2D eigenvalue weighted by Crippen LogP contribution is -2.07. The van der Waals surface area contributed by atoms with E-state index in [1.54, 1.807) is 15.9 Å². The van der Waals surface area contributed by atoms with Crippen LogP contribution >= 0.6 is 11.3 Å². The van der Waals surface area contributed by atoms with Crippen LogP contribution in [-0.4, -0.2) is 28.7 Å². The van der Waals surface area contributed by atoms with Gasteiger partial charge in [0.15, 0.2) is 5.69 Å². The zero-order valence-electron chi connectivity index (χ0n) is 13.6. The first-order valence-corrected chi connectivity index (χ1v) is 8.52. The van der Waals surface area contributed by atoms with Gasteiger partial charge in [-0.25, -0.2) is 4.98 Å². The third kappa shape index (κ3) is 2.92. The summed E-state index contributed by atoms with van der Waals surface area (Å²) in [6.07, 6.45) is 3.19. The zero-order valence-corrected chi connectivity index (χ0v) is 14.4. The van der Waals surface area contributed by atoms with Gasteiger partial charge < -0.3 is 4.90 Å². The Bertz CT molecular complexity index is 852. The molecule has 0 bridgehead atoms. The molecular weight excluding hydrogens is 306 g/mol. The van der Waals surface area contributed by atoms with E-state index in [-0.39, 0.29) is 0 Å². The van der Waals surface area contributed by atoms with Crippen LogP contribution in [0.4, 0.5) is 5.69 Å². The molecule has 0 unspecified atom stereocenters. The normalized spacial score (nSPS) is 10.9. The number of aryl methyl sites for hydroxylation is 1. The molecule has 23 heavy (non-hydrogen) atoms. The average Bonchev–Trinajstić information content (AvgIpc) is 3.09. The molecular formula is C17H19N5S. The van der Waals surface area contributed by atoms with Crippen LogP contribution in [-0.2, 0) is 6.42 Å². The summed E-state index contributed by atoms with van der Waals surface area (Å²) in [5.41, 5.74) is 3.28. The lowest BCUT2D eigenvalue weighted by molar-refractivity contribution is 0.769. The minimum Gasteiger partial charge on any atom is -0.378 e. The summed E-state index contributed by atoms with van der Waals surface area (Å²) in [6.45, 7) is 2.16.